The van der Waals surface area contributed by atoms with Crippen molar-refractivity contribution in [1.29, 1.82) is 0 Å². The topological polar surface area (TPSA) is 43.1 Å². The molecule has 0 aliphatic carbocycles. The number of carbonyl (C=O) groups is 1. The van der Waals surface area contributed by atoms with Crippen LogP contribution in [-0.4, -0.2) is 21.6 Å². The minimum absolute atomic E-state index is 0.529. The molecule has 2 N–H and O–H groups in total. The van der Waals surface area contributed by atoms with Gasteiger partial charge in [0.2, 0.25) is 5.91 Å². The van der Waals surface area contributed by atoms with E-state index in [4.69, 9.17) is 21.4 Å². The molecule has 0 fully saturated rings. The molecule has 0 heterocycles. The van der Waals surface area contributed by atoms with Gasteiger partial charge in [-0.3, -0.25) is 4.79 Å². The van der Waals surface area contributed by atoms with Crippen LogP contribution in [0.5, 0.6) is 0 Å². The highest BCUT2D eigenvalue weighted by atomic mass is 16.1. The Balaban J connectivity index is 2.79. The van der Waals surface area contributed by atoms with E-state index >= 15 is 0 Å². The van der Waals surface area contributed by atoms with E-state index in [-0.39, 0.29) is 0 Å². The highest BCUT2D eigenvalue weighted by Crippen LogP contribution is 2.22. The molecule has 2 nitrogen and oxygen atoms in total. The van der Waals surface area contributed by atoms with Crippen LogP contribution in [0.3, 0.4) is 0 Å². The number of carbonyl (C=O) groups excluding carboxylic acids is 1. The minimum Gasteiger partial charge on any atom is -0.370 e. The van der Waals surface area contributed by atoms with Gasteiger partial charge in [0, 0.05) is 0 Å². The van der Waals surface area contributed by atoms with Crippen molar-refractivity contribution in [2.24, 2.45) is 5.73 Å². The molecule has 2 unspecified atom stereocenters. The number of hydrogen-bond donors (Lipinski definition) is 1. The summed E-state index contributed by atoms with van der Waals surface area (Å²) in [6.07, 6.45) is 0. The van der Waals surface area contributed by atoms with Crippen LogP contribution in [-0.2, 0) is 4.79 Å². The normalized spacial score (nSPS) is 14.8. The second-order valence-corrected chi connectivity index (χ2v) is 2.86. The summed E-state index contributed by atoms with van der Waals surface area (Å²) in [7, 11) is 11.2. The second-order valence-electron chi connectivity index (χ2n) is 2.86. The molecule has 0 aliphatic heterocycles. The molecule has 4 radical (unpaired) electrons. The highest BCUT2D eigenvalue weighted by Gasteiger charge is 2.17. The number of amides is 1. The van der Waals surface area contributed by atoms with Crippen molar-refractivity contribution < 1.29 is 4.79 Å². The van der Waals surface area contributed by atoms with E-state index in [1.165, 1.54) is 0 Å². The van der Waals surface area contributed by atoms with Gasteiger partial charge in [0.1, 0.15) is 0 Å². The van der Waals surface area contributed by atoms with Crippen LogP contribution >= 0.6 is 0 Å². The van der Waals surface area contributed by atoms with Crippen molar-refractivity contribution in [3.63, 3.8) is 0 Å². The van der Waals surface area contributed by atoms with Gasteiger partial charge in [-0.1, -0.05) is 35.9 Å². The second kappa shape index (κ2) is 4.17. The summed E-state index contributed by atoms with van der Waals surface area (Å²) in [5.41, 5.74) is 5.84. The summed E-state index contributed by atoms with van der Waals surface area (Å²) in [5.74, 6) is -1.95. The largest absolute Gasteiger partial charge is 0.370 e. The van der Waals surface area contributed by atoms with Gasteiger partial charge in [-0.05, 0) is 11.6 Å². The molecule has 1 aromatic rings. The Labute approximate surface area is 80.3 Å². The van der Waals surface area contributed by atoms with Crippen molar-refractivity contribution in [2.45, 2.75) is 11.6 Å². The van der Waals surface area contributed by atoms with Crippen LogP contribution in [0, 0.1) is 0 Å². The summed E-state index contributed by atoms with van der Waals surface area (Å²) in [4.78, 5) is 10.7. The summed E-state index contributed by atoms with van der Waals surface area (Å²) in [6, 6.07) is 9.17. The fraction of sp³-hybridized carbons (Fsp3) is 0.222. The maximum Gasteiger partial charge on any atom is 0.211 e. The standard InChI is InChI=1S/C9H9B2NO/c10-7(8(11)9(12)13)6-4-2-1-3-5-6/h1-5,7-8H,(H2,12,13). The quantitative estimate of drug-likeness (QED) is 0.651. The molecule has 2 atom stereocenters. The average Bonchev–Trinajstić information content (AvgIpc) is 2.17. The van der Waals surface area contributed by atoms with E-state index in [1.807, 2.05) is 30.3 Å². The summed E-state index contributed by atoms with van der Waals surface area (Å²) in [6.45, 7) is 0. The van der Waals surface area contributed by atoms with E-state index in [1.54, 1.807) is 0 Å². The zero-order valence-electron chi connectivity index (χ0n) is 7.18. The van der Waals surface area contributed by atoms with Crippen molar-refractivity contribution in [3.8, 4) is 0 Å². The van der Waals surface area contributed by atoms with Crippen LogP contribution in [0.4, 0.5) is 0 Å². The SMILES string of the molecule is [B]C(C(N)=O)C([B])c1ccccc1. The lowest BCUT2D eigenvalue weighted by atomic mass is 9.63. The first-order valence-electron chi connectivity index (χ1n) is 3.98. The molecule has 0 bridgehead atoms. The smallest absolute Gasteiger partial charge is 0.211 e. The fourth-order valence-electron chi connectivity index (χ4n) is 1.06. The lowest BCUT2D eigenvalue weighted by Gasteiger charge is -2.17. The van der Waals surface area contributed by atoms with Gasteiger partial charge >= 0.3 is 0 Å². The van der Waals surface area contributed by atoms with Gasteiger partial charge in [0.05, 0.1) is 15.7 Å². The molecule has 1 amide bonds. The first-order valence-corrected chi connectivity index (χ1v) is 3.98. The molecule has 1 rings (SSSR count). The third-order valence-corrected chi connectivity index (χ3v) is 1.90. The monoisotopic (exact) mass is 169 g/mol. The third kappa shape index (κ3) is 2.38. The molecule has 0 saturated carbocycles. The van der Waals surface area contributed by atoms with Crippen LogP contribution in [0.25, 0.3) is 0 Å². The van der Waals surface area contributed by atoms with Crippen LogP contribution in [0.2, 0.25) is 5.82 Å². The Hall–Kier alpha value is -1.18. The van der Waals surface area contributed by atoms with Gasteiger partial charge < -0.3 is 5.73 Å². The maximum atomic E-state index is 10.7. The number of rotatable bonds is 3. The number of benzene rings is 1. The maximum absolute atomic E-state index is 10.7. The van der Waals surface area contributed by atoms with E-state index in [2.05, 4.69) is 0 Å². The van der Waals surface area contributed by atoms with Crippen LogP contribution in [0.1, 0.15) is 11.4 Å². The molecule has 62 valence electrons. The lowest BCUT2D eigenvalue weighted by molar-refractivity contribution is -0.117. The van der Waals surface area contributed by atoms with E-state index in [0.717, 1.165) is 5.56 Å². The molecule has 4 heteroatoms. The van der Waals surface area contributed by atoms with Gasteiger partial charge in [0.25, 0.3) is 0 Å². The van der Waals surface area contributed by atoms with E-state index in [0.29, 0.717) is 0 Å². The fourth-order valence-corrected chi connectivity index (χ4v) is 1.06. The number of nitrogens with two attached hydrogens (primary N) is 1. The lowest BCUT2D eigenvalue weighted by Crippen LogP contribution is -2.24. The summed E-state index contributed by atoms with van der Waals surface area (Å²) < 4.78 is 0. The van der Waals surface area contributed by atoms with E-state index in [9.17, 15) is 4.79 Å². The molecule has 0 aromatic heterocycles. The molecule has 13 heavy (non-hydrogen) atoms. The number of primary amides is 1. The van der Waals surface area contributed by atoms with Crippen LogP contribution in [0.15, 0.2) is 30.3 Å². The van der Waals surface area contributed by atoms with E-state index < -0.39 is 17.5 Å². The predicted molar refractivity (Wildman–Crippen MR) is 53.6 cm³/mol. The Morgan fingerprint density at radius 2 is 1.77 bits per heavy atom. The number of hydrogen-bond acceptors (Lipinski definition) is 1. The van der Waals surface area contributed by atoms with Crippen molar-refractivity contribution in [2.75, 3.05) is 0 Å². The van der Waals surface area contributed by atoms with Gasteiger partial charge in [-0.25, -0.2) is 0 Å². The van der Waals surface area contributed by atoms with Gasteiger partial charge in [-0.15, -0.1) is 0 Å². The van der Waals surface area contributed by atoms with Gasteiger partial charge in [-0.2, -0.15) is 0 Å². The molecule has 0 spiro atoms. The van der Waals surface area contributed by atoms with Crippen molar-refractivity contribution >= 4 is 21.6 Å². The molecule has 1 aromatic carbocycles. The summed E-state index contributed by atoms with van der Waals surface area (Å²) in [5, 5.41) is 0. The zero-order valence-corrected chi connectivity index (χ0v) is 7.18. The van der Waals surface area contributed by atoms with Crippen molar-refractivity contribution in [1.82, 2.24) is 0 Å². The molecular weight excluding hydrogens is 160 g/mol. The van der Waals surface area contributed by atoms with Crippen molar-refractivity contribution in [3.05, 3.63) is 35.9 Å². The highest BCUT2D eigenvalue weighted by molar-refractivity contribution is 6.30. The van der Waals surface area contributed by atoms with Gasteiger partial charge in [0.15, 0.2) is 0 Å². The molecule has 0 aliphatic rings. The minimum atomic E-state index is -0.831. The molecular formula is C9H9B2NO. The average molecular weight is 169 g/mol. The Kier molecular flexibility index (Phi) is 3.18. The summed E-state index contributed by atoms with van der Waals surface area (Å²) >= 11 is 0. The Morgan fingerprint density at radius 3 is 2.23 bits per heavy atom. The third-order valence-electron chi connectivity index (χ3n) is 1.90. The zero-order chi connectivity index (χ0) is 9.84. The Morgan fingerprint density at radius 1 is 1.23 bits per heavy atom. The molecule has 0 saturated heterocycles. The Bertz CT molecular complexity index is 289. The first kappa shape index (κ1) is 9.90. The first-order chi connectivity index (χ1) is 6.13. The van der Waals surface area contributed by atoms with Crippen LogP contribution < -0.4 is 5.73 Å². The predicted octanol–water partition coefficient (Wildman–Crippen LogP) is 0.338.